The predicted molar refractivity (Wildman–Crippen MR) is 56.9 cm³/mol. The van der Waals surface area contributed by atoms with Crippen molar-refractivity contribution in [3.8, 4) is 0 Å². The van der Waals surface area contributed by atoms with Crippen LogP contribution >= 0.6 is 11.6 Å². The van der Waals surface area contributed by atoms with Crippen LogP contribution in [0.5, 0.6) is 0 Å². The predicted octanol–water partition coefficient (Wildman–Crippen LogP) is 2.03. The van der Waals surface area contributed by atoms with Gasteiger partial charge in [0.1, 0.15) is 0 Å². The summed E-state index contributed by atoms with van der Waals surface area (Å²) in [5.41, 5.74) is 0.334. The van der Waals surface area contributed by atoms with Gasteiger partial charge in [0, 0.05) is 30.4 Å². The summed E-state index contributed by atoms with van der Waals surface area (Å²) in [6.07, 6.45) is 0.317. The van der Waals surface area contributed by atoms with E-state index in [2.05, 4.69) is 4.98 Å². The summed E-state index contributed by atoms with van der Waals surface area (Å²) in [6.45, 7) is -0.499. The van der Waals surface area contributed by atoms with E-state index in [0.717, 1.165) is 4.90 Å². The van der Waals surface area contributed by atoms with E-state index in [0.29, 0.717) is 5.56 Å². The summed E-state index contributed by atoms with van der Waals surface area (Å²) in [4.78, 5) is 16.6. The first-order valence-electron chi connectivity index (χ1n) is 4.68. The molecule has 6 heteroatoms. The lowest BCUT2D eigenvalue weighted by Crippen LogP contribution is -2.36. The van der Waals surface area contributed by atoms with Gasteiger partial charge in [-0.2, -0.15) is 0 Å². The average molecular weight is 249 g/mol. The van der Waals surface area contributed by atoms with Crippen LogP contribution in [0.1, 0.15) is 10.4 Å². The number of pyridine rings is 1. The second-order valence-corrected chi connectivity index (χ2v) is 3.45. The van der Waals surface area contributed by atoms with Crippen LogP contribution in [0, 0.1) is 0 Å². The van der Waals surface area contributed by atoms with Crippen LogP contribution in [0.3, 0.4) is 0 Å². The van der Waals surface area contributed by atoms with Gasteiger partial charge < -0.3 is 4.90 Å². The third-order valence-electron chi connectivity index (χ3n) is 1.93. The Bertz CT molecular complexity index is 335. The molecule has 1 amide bonds. The Balaban J connectivity index is 2.74. The number of nitrogens with zero attached hydrogens (tertiary/aromatic N) is 2. The summed E-state index contributed by atoms with van der Waals surface area (Å²) in [7, 11) is 0. The van der Waals surface area contributed by atoms with E-state index in [4.69, 9.17) is 11.6 Å². The van der Waals surface area contributed by atoms with Gasteiger partial charge in [-0.3, -0.25) is 9.78 Å². The molecule has 1 heterocycles. The monoisotopic (exact) mass is 248 g/mol. The fraction of sp³-hybridized carbons (Fsp3) is 0.400. The summed E-state index contributed by atoms with van der Waals surface area (Å²) < 4.78 is 24.5. The molecule has 0 aliphatic carbocycles. The first kappa shape index (κ1) is 12.8. The summed E-state index contributed by atoms with van der Waals surface area (Å²) >= 11 is 5.46. The third kappa shape index (κ3) is 3.73. The summed E-state index contributed by atoms with van der Waals surface area (Å²) in [6, 6.07) is 2.96. The average Bonchev–Trinajstić information content (AvgIpc) is 2.28. The maximum atomic E-state index is 12.2. The van der Waals surface area contributed by atoms with Gasteiger partial charge in [-0.15, -0.1) is 11.6 Å². The molecule has 88 valence electrons. The van der Waals surface area contributed by atoms with Crippen molar-refractivity contribution in [3.05, 3.63) is 30.1 Å². The Morgan fingerprint density at radius 2 is 2.06 bits per heavy atom. The van der Waals surface area contributed by atoms with E-state index in [1.54, 1.807) is 0 Å². The molecule has 1 rings (SSSR count). The first-order valence-corrected chi connectivity index (χ1v) is 5.22. The van der Waals surface area contributed by atoms with Crippen LogP contribution in [0.4, 0.5) is 8.78 Å². The lowest BCUT2D eigenvalue weighted by molar-refractivity contribution is 0.0571. The maximum absolute atomic E-state index is 12.2. The number of amides is 1. The fourth-order valence-electron chi connectivity index (χ4n) is 1.22. The molecule has 16 heavy (non-hydrogen) atoms. The Hall–Kier alpha value is -1.23. The minimum absolute atomic E-state index is 0.104. The highest BCUT2D eigenvalue weighted by molar-refractivity contribution is 6.18. The molecule has 0 saturated carbocycles. The van der Waals surface area contributed by atoms with Crippen molar-refractivity contribution in [3.63, 3.8) is 0 Å². The Morgan fingerprint density at radius 1 is 1.44 bits per heavy atom. The van der Waals surface area contributed by atoms with Gasteiger partial charge in [0.2, 0.25) is 0 Å². The van der Waals surface area contributed by atoms with Crippen LogP contribution in [0.15, 0.2) is 24.5 Å². The zero-order chi connectivity index (χ0) is 12.0. The maximum Gasteiger partial charge on any atom is 0.255 e. The highest BCUT2D eigenvalue weighted by Gasteiger charge is 2.18. The number of hydrogen-bond acceptors (Lipinski definition) is 2. The number of carbonyl (C=O) groups excluding carboxylic acids is 1. The van der Waals surface area contributed by atoms with E-state index in [1.165, 1.54) is 24.5 Å². The summed E-state index contributed by atoms with van der Waals surface area (Å²) in [5.74, 6) is -0.327. The molecule has 0 bridgehead atoms. The molecule has 0 aliphatic heterocycles. The molecule has 1 aromatic rings. The van der Waals surface area contributed by atoms with Gasteiger partial charge in [0.05, 0.1) is 6.54 Å². The molecule has 0 aliphatic rings. The minimum atomic E-state index is -2.56. The van der Waals surface area contributed by atoms with Crippen LogP contribution < -0.4 is 0 Å². The molecule has 0 aromatic carbocycles. The van der Waals surface area contributed by atoms with Crippen molar-refractivity contribution in [1.82, 2.24) is 9.88 Å². The first-order chi connectivity index (χ1) is 7.65. The van der Waals surface area contributed by atoms with Crippen LogP contribution in [-0.2, 0) is 0 Å². The molecule has 0 radical (unpaired) electrons. The lowest BCUT2D eigenvalue weighted by atomic mass is 10.2. The largest absolute Gasteiger partial charge is 0.332 e. The number of halogens is 3. The Morgan fingerprint density at radius 3 is 2.56 bits per heavy atom. The summed E-state index contributed by atoms with van der Waals surface area (Å²) in [5, 5.41) is 0. The number of carbonyl (C=O) groups is 1. The van der Waals surface area contributed by atoms with Crippen molar-refractivity contribution in [2.24, 2.45) is 0 Å². The normalized spacial score (nSPS) is 10.5. The third-order valence-corrected chi connectivity index (χ3v) is 2.10. The van der Waals surface area contributed by atoms with E-state index in [1.807, 2.05) is 0 Å². The number of hydrogen-bond donors (Lipinski definition) is 0. The van der Waals surface area contributed by atoms with E-state index in [-0.39, 0.29) is 12.4 Å². The van der Waals surface area contributed by atoms with Gasteiger partial charge in [-0.25, -0.2) is 8.78 Å². The topological polar surface area (TPSA) is 33.2 Å². The number of rotatable bonds is 5. The van der Waals surface area contributed by atoms with Crippen molar-refractivity contribution in [2.45, 2.75) is 6.43 Å². The van der Waals surface area contributed by atoms with Crippen molar-refractivity contribution >= 4 is 17.5 Å². The Labute approximate surface area is 97.0 Å². The number of alkyl halides is 3. The van der Waals surface area contributed by atoms with E-state index >= 15 is 0 Å². The van der Waals surface area contributed by atoms with Crippen molar-refractivity contribution < 1.29 is 13.6 Å². The lowest BCUT2D eigenvalue weighted by Gasteiger charge is -2.21. The van der Waals surface area contributed by atoms with Crippen LogP contribution in [0.25, 0.3) is 0 Å². The van der Waals surface area contributed by atoms with Gasteiger partial charge in [0.25, 0.3) is 12.3 Å². The minimum Gasteiger partial charge on any atom is -0.332 e. The van der Waals surface area contributed by atoms with E-state index < -0.39 is 18.9 Å². The van der Waals surface area contributed by atoms with Gasteiger partial charge in [-0.1, -0.05) is 0 Å². The van der Waals surface area contributed by atoms with Gasteiger partial charge in [-0.05, 0) is 12.1 Å². The molecule has 0 N–H and O–H groups in total. The van der Waals surface area contributed by atoms with Crippen molar-refractivity contribution in [1.29, 1.82) is 0 Å². The molecule has 0 unspecified atom stereocenters. The number of aromatic nitrogens is 1. The standard InChI is InChI=1S/C10H11ClF2N2O/c11-3-6-15(7-9(12)13)10(16)8-1-4-14-5-2-8/h1-2,4-5,9H,3,6-7H2. The smallest absolute Gasteiger partial charge is 0.255 e. The van der Waals surface area contributed by atoms with Crippen molar-refractivity contribution in [2.75, 3.05) is 19.0 Å². The second-order valence-electron chi connectivity index (χ2n) is 3.07. The SMILES string of the molecule is O=C(c1ccncc1)N(CCCl)CC(F)F. The highest BCUT2D eigenvalue weighted by atomic mass is 35.5. The van der Waals surface area contributed by atoms with E-state index in [9.17, 15) is 13.6 Å². The molecule has 1 aromatic heterocycles. The zero-order valence-electron chi connectivity index (χ0n) is 8.44. The molecule has 0 atom stereocenters. The molecular formula is C10H11ClF2N2O. The fourth-order valence-corrected chi connectivity index (χ4v) is 1.43. The highest BCUT2D eigenvalue weighted by Crippen LogP contribution is 2.06. The molecule has 3 nitrogen and oxygen atoms in total. The van der Waals surface area contributed by atoms with Crippen LogP contribution in [-0.4, -0.2) is 41.2 Å². The Kier molecular flexibility index (Phi) is 5.11. The quantitative estimate of drug-likeness (QED) is 0.747. The van der Waals surface area contributed by atoms with Crippen LogP contribution in [0.2, 0.25) is 0 Å². The molecule has 0 fully saturated rings. The molecule has 0 saturated heterocycles. The van der Waals surface area contributed by atoms with Gasteiger partial charge in [0.15, 0.2) is 0 Å². The second kappa shape index (κ2) is 6.37. The van der Waals surface area contributed by atoms with Gasteiger partial charge >= 0.3 is 0 Å². The zero-order valence-corrected chi connectivity index (χ0v) is 9.20. The molecular weight excluding hydrogens is 238 g/mol. The molecule has 0 spiro atoms.